The van der Waals surface area contributed by atoms with Gasteiger partial charge < -0.3 is 20.5 Å². The van der Waals surface area contributed by atoms with Crippen molar-refractivity contribution in [2.45, 2.75) is 19.4 Å². The zero-order valence-corrected chi connectivity index (χ0v) is 21.9. The summed E-state index contributed by atoms with van der Waals surface area (Å²) in [5.41, 5.74) is 6.73. The predicted molar refractivity (Wildman–Crippen MR) is 148 cm³/mol. The van der Waals surface area contributed by atoms with E-state index in [-0.39, 0.29) is 12.3 Å². The minimum absolute atomic E-state index is 0.0764. The van der Waals surface area contributed by atoms with Gasteiger partial charge in [0.25, 0.3) is 5.91 Å². The normalized spacial score (nSPS) is 16.7. The molecule has 0 aliphatic carbocycles. The van der Waals surface area contributed by atoms with Gasteiger partial charge in [0, 0.05) is 41.8 Å². The van der Waals surface area contributed by atoms with E-state index in [1.165, 1.54) is 5.56 Å². The maximum absolute atomic E-state index is 13.2. The molecule has 0 bridgehead atoms. The van der Waals surface area contributed by atoms with E-state index >= 15 is 0 Å². The molecule has 0 spiro atoms. The second-order valence-corrected chi connectivity index (χ2v) is 10.1. The summed E-state index contributed by atoms with van der Waals surface area (Å²) in [5.74, 6) is -0.995. The highest BCUT2D eigenvalue weighted by Gasteiger charge is 2.28. The summed E-state index contributed by atoms with van der Waals surface area (Å²) in [6.07, 6.45) is 0.532. The number of nitrogens with one attached hydrogen (secondary N) is 2. The predicted octanol–water partition coefficient (Wildman–Crippen LogP) is 5.23. The van der Waals surface area contributed by atoms with Crippen molar-refractivity contribution in [1.29, 1.82) is 0 Å². The number of carbonyl (C=O) groups excluding carboxylic acids is 1. The Kier molecular flexibility index (Phi) is 7.69. The molecule has 8 heteroatoms. The zero-order valence-electron chi connectivity index (χ0n) is 20.3. The van der Waals surface area contributed by atoms with Crippen LogP contribution in [-0.4, -0.2) is 48.2 Å². The number of amides is 1. The minimum Gasteiger partial charge on any atom is -0.481 e. The Bertz CT molecular complexity index is 1330. The first-order valence-corrected chi connectivity index (χ1v) is 13.1. The minimum atomic E-state index is -0.823. The highest BCUT2D eigenvalue weighted by atomic mass is 79.9. The van der Waals surface area contributed by atoms with E-state index in [0.29, 0.717) is 17.7 Å². The first kappa shape index (κ1) is 25.2. The summed E-state index contributed by atoms with van der Waals surface area (Å²) < 4.78 is 6.33. The third kappa shape index (κ3) is 6.10. The third-order valence-electron chi connectivity index (χ3n) is 6.58. The van der Waals surface area contributed by atoms with Crippen LogP contribution in [0.1, 0.15) is 28.7 Å². The molecule has 0 saturated carbocycles. The van der Waals surface area contributed by atoms with Gasteiger partial charge in [-0.15, -0.1) is 0 Å². The van der Waals surface area contributed by atoms with Crippen molar-refractivity contribution in [2.24, 2.45) is 0 Å². The van der Waals surface area contributed by atoms with Gasteiger partial charge in [-0.3, -0.25) is 14.5 Å². The Hall–Kier alpha value is -3.46. The largest absolute Gasteiger partial charge is 0.481 e. The summed E-state index contributed by atoms with van der Waals surface area (Å²) in [6, 6.07) is 21.7. The second kappa shape index (κ2) is 11.3. The van der Waals surface area contributed by atoms with Gasteiger partial charge in [-0.05, 0) is 47.4 Å². The summed E-state index contributed by atoms with van der Waals surface area (Å²) in [7, 11) is 0. The average Bonchev–Trinajstić information content (AvgIpc) is 3.22. The lowest BCUT2D eigenvalue weighted by molar-refractivity contribution is -0.137. The summed E-state index contributed by atoms with van der Waals surface area (Å²) in [4.78, 5) is 26.5. The number of carbonyl (C=O) groups is 2. The van der Waals surface area contributed by atoms with E-state index in [9.17, 15) is 9.59 Å². The van der Waals surface area contributed by atoms with Gasteiger partial charge in [-0.25, -0.2) is 0 Å². The fourth-order valence-electron chi connectivity index (χ4n) is 4.62. The second-order valence-electron chi connectivity index (χ2n) is 9.20. The number of carboxylic acids is 1. The molecule has 1 amide bonds. The highest BCUT2D eigenvalue weighted by molar-refractivity contribution is 9.10. The third-order valence-corrected chi connectivity index (χ3v) is 7.07. The van der Waals surface area contributed by atoms with Gasteiger partial charge in [0.15, 0.2) is 0 Å². The van der Waals surface area contributed by atoms with Crippen LogP contribution in [-0.2, 0) is 27.3 Å². The highest BCUT2D eigenvalue weighted by Crippen LogP contribution is 2.39. The number of ether oxygens (including phenoxy) is 1. The van der Waals surface area contributed by atoms with Crippen LogP contribution in [0.2, 0.25) is 0 Å². The topological polar surface area (TPSA) is 90.9 Å². The molecule has 190 valence electrons. The maximum Gasteiger partial charge on any atom is 0.303 e. The van der Waals surface area contributed by atoms with Gasteiger partial charge in [-0.1, -0.05) is 58.4 Å². The monoisotopic (exact) mass is 561 g/mol. The molecule has 2 aliphatic rings. The fraction of sp³-hybridized carbons (Fsp3) is 0.241. The number of benzene rings is 3. The first-order chi connectivity index (χ1) is 18.0. The van der Waals surface area contributed by atoms with Crippen LogP contribution in [0.15, 0.2) is 71.2 Å². The van der Waals surface area contributed by atoms with Crippen LogP contribution in [0.25, 0.3) is 11.3 Å². The number of hydrogen-bond acceptors (Lipinski definition) is 5. The molecule has 5 rings (SSSR count). The zero-order chi connectivity index (χ0) is 25.8. The van der Waals surface area contributed by atoms with E-state index in [4.69, 9.17) is 9.84 Å². The maximum atomic E-state index is 13.2. The van der Waals surface area contributed by atoms with E-state index < -0.39 is 5.97 Å². The molecule has 7 nitrogen and oxygen atoms in total. The van der Waals surface area contributed by atoms with Crippen LogP contribution >= 0.6 is 15.9 Å². The van der Waals surface area contributed by atoms with Crippen LogP contribution in [0.5, 0.6) is 0 Å². The van der Waals surface area contributed by atoms with Gasteiger partial charge in [-0.2, -0.15) is 0 Å². The number of halogens is 1. The van der Waals surface area contributed by atoms with Crippen LogP contribution in [0, 0.1) is 0 Å². The fourth-order valence-corrected chi connectivity index (χ4v) is 4.98. The van der Waals surface area contributed by atoms with E-state index in [1.54, 1.807) is 0 Å². The Labute approximate surface area is 224 Å². The molecular weight excluding hydrogens is 534 g/mol. The Morgan fingerprint density at radius 2 is 1.70 bits per heavy atom. The molecule has 3 N–H and O–H groups in total. The molecule has 0 unspecified atom stereocenters. The average molecular weight is 562 g/mol. The number of nitrogens with zero attached hydrogens (tertiary/aromatic N) is 1. The number of fused-ring (bicyclic) bond motifs is 1. The van der Waals surface area contributed by atoms with E-state index in [2.05, 4.69) is 43.6 Å². The van der Waals surface area contributed by atoms with Crippen molar-refractivity contribution >= 4 is 50.5 Å². The molecular formula is C29H28BrN3O4. The van der Waals surface area contributed by atoms with Crippen molar-refractivity contribution in [3.05, 3.63) is 93.5 Å². The summed E-state index contributed by atoms with van der Waals surface area (Å²) in [5, 5.41) is 15.5. The molecule has 0 atom stereocenters. The Balaban J connectivity index is 1.46. The number of hydrogen-bond donors (Lipinski definition) is 3. The van der Waals surface area contributed by atoms with Crippen molar-refractivity contribution in [3.8, 4) is 0 Å². The SMILES string of the molecule is O=C(O)CCc1ccc(/C(Nc2ccc(CN3CCOCC3)cc2)=C2/C(=O)Nc3cc(Br)ccc32)cc1. The van der Waals surface area contributed by atoms with Gasteiger partial charge in [0.2, 0.25) is 0 Å². The van der Waals surface area contributed by atoms with E-state index in [1.807, 2.05) is 54.6 Å². The van der Waals surface area contributed by atoms with Gasteiger partial charge >= 0.3 is 5.97 Å². The molecule has 2 aliphatic heterocycles. The molecule has 3 aromatic rings. The lowest BCUT2D eigenvalue weighted by Crippen LogP contribution is -2.35. The van der Waals surface area contributed by atoms with Crippen molar-refractivity contribution in [3.63, 3.8) is 0 Å². The van der Waals surface area contributed by atoms with Crippen molar-refractivity contribution in [1.82, 2.24) is 4.90 Å². The van der Waals surface area contributed by atoms with Gasteiger partial charge in [0.05, 0.1) is 30.2 Å². The lowest BCUT2D eigenvalue weighted by atomic mass is 9.98. The van der Waals surface area contributed by atoms with Crippen LogP contribution in [0.4, 0.5) is 11.4 Å². The van der Waals surface area contributed by atoms with E-state index in [0.717, 1.165) is 65.4 Å². The number of morpholine rings is 1. The Morgan fingerprint density at radius 3 is 2.41 bits per heavy atom. The van der Waals surface area contributed by atoms with Crippen LogP contribution in [0.3, 0.4) is 0 Å². The summed E-state index contributed by atoms with van der Waals surface area (Å²) >= 11 is 3.48. The van der Waals surface area contributed by atoms with Crippen molar-refractivity contribution in [2.75, 3.05) is 36.9 Å². The number of aliphatic carboxylic acids is 1. The molecule has 0 aromatic heterocycles. The lowest BCUT2D eigenvalue weighted by Gasteiger charge is -2.26. The molecule has 0 radical (unpaired) electrons. The molecule has 3 aromatic carbocycles. The molecule has 2 heterocycles. The molecule has 37 heavy (non-hydrogen) atoms. The smallest absolute Gasteiger partial charge is 0.303 e. The standard InChI is InChI=1S/C29H28BrN3O4/c30-22-8-11-24-25(17-22)32-29(36)27(24)28(21-6-1-19(2-7-21)5-12-26(34)35)31-23-9-3-20(4-10-23)18-33-13-15-37-16-14-33/h1-4,6-11,17,31H,5,12-16,18H2,(H,32,36)(H,34,35)/b28-27-. The van der Waals surface area contributed by atoms with Crippen LogP contribution < -0.4 is 10.6 Å². The number of anilines is 2. The number of aryl methyl sites for hydroxylation is 1. The molecule has 1 fully saturated rings. The quantitative estimate of drug-likeness (QED) is 0.326. The Morgan fingerprint density at radius 1 is 1.00 bits per heavy atom. The number of carboxylic acid groups (broad SMARTS) is 1. The first-order valence-electron chi connectivity index (χ1n) is 12.3. The summed E-state index contributed by atoms with van der Waals surface area (Å²) in [6.45, 7) is 4.28. The molecule has 1 saturated heterocycles. The number of rotatable bonds is 8. The van der Waals surface area contributed by atoms with Gasteiger partial charge in [0.1, 0.15) is 0 Å². The van der Waals surface area contributed by atoms with Crippen molar-refractivity contribution < 1.29 is 19.4 Å².